The van der Waals surface area contributed by atoms with Crippen molar-refractivity contribution >= 4 is 21.4 Å². The molecule has 1 unspecified atom stereocenters. The largest absolute Gasteiger partial charge is 0.390 e. The van der Waals surface area contributed by atoms with E-state index >= 15 is 0 Å². The van der Waals surface area contributed by atoms with Gasteiger partial charge in [-0.25, -0.2) is 8.42 Å². The van der Waals surface area contributed by atoms with Crippen molar-refractivity contribution in [2.45, 2.75) is 54.9 Å². The van der Waals surface area contributed by atoms with Crippen LogP contribution in [0, 0.1) is 6.92 Å². The third-order valence-electron chi connectivity index (χ3n) is 4.70. The van der Waals surface area contributed by atoms with E-state index in [-0.39, 0.29) is 5.60 Å². The molecular formula is C15H23NO4S2. The van der Waals surface area contributed by atoms with Crippen molar-refractivity contribution in [2.24, 2.45) is 0 Å². The number of aliphatic hydroxyl groups is 1. The van der Waals surface area contributed by atoms with Gasteiger partial charge in [-0.2, -0.15) is 4.31 Å². The third kappa shape index (κ3) is 3.10. The summed E-state index contributed by atoms with van der Waals surface area (Å²) in [4.78, 5) is 0.999. The van der Waals surface area contributed by atoms with E-state index < -0.39 is 15.6 Å². The van der Waals surface area contributed by atoms with E-state index in [1.54, 1.807) is 10.4 Å². The van der Waals surface area contributed by atoms with E-state index in [0.29, 0.717) is 49.6 Å². The van der Waals surface area contributed by atoms with E-state index in [9.17, 15) is 13.5 Å². The van der Waals surface area contributed by atoms with E-state index in [1.807, 2.05) is 19.9 Å². The zero-order valence-electron chi connectivity index (χ0n) is 13.0. The highest BCUT2D eigenvalue weighted by Gasteiger charge is 2.46. The van der Waals surface area contributed by atoms with Gasteiger partial charge in [-0.15, -0.1) is 11.3 Å². The monoisotopic (exact) mass is 345 g/mol. The van der Waals surface area contributed by atoms with Gasteiger partial charge in [0.15, 0.2) is 0 Å². The fraction of sp³-hybridized carbons (Fsp3) is 0.733. The van der Waals surface area contributed by atoms with Crippen molar-refractivity contribution in [1.82, 2.24) is 4.31 Å². The minimum absolute atomic E-state index is 0.362. The van der Waals surface area contributed by atoms with E-state index in [0.717, 1.165) is 4.88 Å². The molecule has 2 aliphatic heterocycles. The molecule has 0 aromatic carbocycles. The van der Waals surface area contributed by atoms with Crippen molar-refractivity contribution in [1.29, 1.82) is 0 Å². The molecule has 5 nitrogen and oxygen atoms in total. The molecule has 0 saturated carbocycles. The molecule has 0 bridgehead atoms. The first kappa shape index (κ1) is 16.4. The molecule has 0 radical (unpaired) electrons. The maximum atomic E-state index is 12.6. The van der Waals surface area contributed by atoms with Crippen molar-refractivity contribution < 1.29 is 18.3 Å². The van der Waals surface area contributed by atoms with Crippen molar-refractivity contribution in [3.05, 3.63) is 17.0 Å². The molecule has 1 N–H and O–H groups in total. The summed E-state index contributed by atoms with van der Waals surface area (Å²) in [6.07, 6.45) is 2.52. The van der Waals surface area contributed by atoms with E-state index in [1.165, 1.54) is 11.3 Å². The standard InChI is InChI=1S/C15H23NO4S2/c1-12-3-4-13(21-12)22(18,19)16-8-5-15(6-9-16)11-14(2,17)7-10-20-15/h3-4,17H,5-11H2,1-2H3. The van der Waals surface area contributed by atoms with Crippen LogP contribution in [0.5, 0.6) is 0 Å². The summed E-state index contributed by atoms with van der Waals surface area (Å²) >= 11 is 1.31. The predicted octanol–water partition coefficient (Wildman–Crippen LogP) is 2.14. The summed E-state index contributed by atoms with van der Waals surface area (Å²) in [7, 11) is -3.39. The first-order chi connectivity index (χ1) is 10.2. The molecule has 3 rings (SSSR count). The van der Waals surface area contributed by atoms with Gasteiger partial charge in [0.25, 0.3) is 10.0 Å². The Labute approximate surface area is 136 Å². The molecule has 1 aromatic rings. The summed E-state index contributed by atoms with van der Waals surface area (Å²) in [5, 5.41) is 10.3. The van der Waals surface area contributed by atoms with Crippen LogP contribution in [0.4, 0.5) is 0 Å². The van der Waals surface area contributed by atoms with Gasteiger partial charge in [0, 0.05) is 24.4 Å². The van der Waals surface area contributed by atoms with Gasteiger partial charge >= 0.3 is 0 Å². The Kier molecular flexibility index (Phi) is 4.14. The average molecular weight is 345 g/mol. The lowest BCUT2D eigenvalue weighted by Gasteiger charge is -2.47. The number of ether oxygens (including phenoxy) is 1. The van der Waals surface area contributed by atoms with Gasteiger partial charge in [-0.3, -0.25) is 0 Å². The highest BCUT2D eigenvalue weighted by molar-refractivity contribution is 7.91. The number of sulfonamides is 1. The Morgan fingerprint density at radius 3 is 2.50 bits per heavy atom. The lowest BCUT2D eigenvalue weighted by molar-refractivity contribution is -0.168. The normalized spacial score (nSPS) is 29.8. The minimum atomic E-state index is -3.39. The molecule has 124 valence electrons. The Balaban J connectivity index is 1.72. The molecule has 0 aliphatic carbocycles. The Morgan fingerprint density at radius 1 is 1.27 bits per heavy atom. The Morgan fingerprint density at radius 2 is 1.95 bits per heavy atom. The van der Waals surface area contributed by atoms with Crippen LogP contribution in [-0.4, -0.2) is 48.7 Å². The lowest BCUT2D eigenvalue weighted by atomic mass is 9.78. The van der Waals surface area contributed by atoms with Crippen LogP contribution >= 0.6 is 11.3 Å². The van der Waals surface area contributed by atoms with E-state index in [4.69, 9.17) is 4.74 Å². The highest BCUT2D eigenvalue weighted by atomic mass is 32.2. The maximum absolute atomic E-state index is 12.6. The van der Waals surface area contributed by atoms with Crippen LogP contribution in [0.2, 0.25) is 0 Å². The third-order valence-corrected chi connectivity index (χ3v) is 8.06. The molecule has 22 heavy (non-hydrogen) atoms. The van der Waals surface area contributed by atoms with Crippen molar-refractivity contribution in [2.75, 3.05) is 19.7 Å². The number of aryl methyl sites for hydroxylation is 1. The molecular weight excluding hydrogens is 322 g/mol. The fourth-order valence-electron chi connectivity index (χ4n) is 3.45. The Hall–Kier alpha value is -0.470. The molecule has 2 saturated heterocycles. The Bertz CT molecular complexity index is 642. The van der Waals surface area contributed by atoms with Gasteiger partial charge in [0.2, 0.25) is 0 Å². The highest BCUT2D eigenvalue weighted by Crippen LogP contribution is 2.40. The molecule has 1 aromatic heterocycles. The minimum Gasteiger partial charge on any atom is -0.390 e. The first-order valence-corrected chi connectivity index (χ1v) is 9.91. The van der Waals surface area contributed by atoms with Crippen molar-refractivity contribution in [3.8, 4) is 0 Å². The number of thiophene rings is 1. The molecule has 1 atom stereocenters. The number of hydrogen-bond donors (Lipinski definition) is 1. The summed E-state index contributed by atoms with van der Waals surface area (Å²) in [6.45, 7) is 5.20. The summed E-state index contributed by atoms with van der Waals surface area (Å²) in [5.41, 5.74) is -1.07. The topological polar surface area (TPSA) is 66.8 Å². The van der Waals surface area contributed by atoms with E-state index in [2.05, 4.69) is 0 Å². The van der Waals surface area contributed by atoms with Crippen LogP contribution in [0.3, 0.4) is 0 Å². The number of hydrogen-bond acceptors (Lipinski definition) is 5. The summed E-state index contributed by atoms with van der Waals surface area (Å²) < 4.78 is 33.2. The van der Waals surface area contributed by atoms with Crippen LogP contribution < -0.4 is 0 Å². The second-order valence-electron chi connectivity index (χ2n) is 6.72. The molecule has 3 heterocycles. The second-order valence-corrected chi connectivity index (χ2v) is 10.2. The quantitative estimate of drug-likeness (QED) is 0.892. The molecule has 1 spiro atoms. The maximum Gasteiger partial charge on any atom is 0.252 e. The fourth-order valence-corrected chi connectivity index (χ4v) is 6.33. The second kappa shape index (κ2) is 5.56. The molecule has 2 fully saturated rings. The van der Waals surface area contributed by atoms with Gasteiger partial charge in [0.1, 0.15) is 4.21 Å². The van der Waals surface area contributed by atoms with Gasteiger partial charge in [0.05, 0.1) is 17.8 Å². The van der Waals surface area contributed by atoms with Crippen LogP contribution in [-0.2, 0) is 14.8 Å². The average Bonchev–Trinajstić information content (AvgIpc) is 2.85. The van der Waals surface area contributed by atoms with Crippen LogP contribution in [0.1, 0.15) is 37.5 Å². The predicted molar refractivity (Wildman–Crippen MR) is 85.6 cm³/mol. The number of piperidine rings is 1. The van der Waals surface area contributed by atoms with Gasteiger partial charge in [-0.05, 0) is 45.2 Å². The number of nitrogens with zero attached hydrogens (tertiary/aromatic N) is 1. The van der Waals surface area contributed by atoms with Crippen molar-refractivity contribution in [3.63, 3.8) is 0 Å². The van der Waals surface area contributed by atoms with Gasteiger partial charge in [-0.1, -0.05) is 0 Å². The first-order valence-electron chi connectivity index (χ1n) is 7.66. The van der Waals surface area contributed by atoms with Crippen LogP contribution in [0.15, 0.2) is 16.3 Å². The molecule has 7 heteroatoms. The molecule has 0 amide bonds. The number of rotatable bonds is 2. The zero-order valence-corrected chi connectivity index (χ0v) is 14.7. The molecule has 2 aliphatic rings. The zero-order chi connectivity index (χ0) is 16.0. The SMILES string of the molecule is Cc1ccc(S(=O)(=O)N2CCC3(CC2)CC(C)(O)CCO3)s1. The smallest absolute Gasteiger partial charge is 0.252 e. The summed E-state index contributed by atoms with van der Waals surface area (Å²) in [5.74, 6) is 0. The summed E-state index contributed by atoms with van der Waals surface area (Å²) in [6, 6.07) is 3.52. The van der Waals surface area contributed by atoms with Gasteiger partial charge < -0.3 is 9.84 Å². The van der Waals surface area contributed by atoms with Crippen LogP contribution in [0.25, 0.3) is 0 Å². The lowest BCUT2D eigenvalue weighted by Crippen LogP contribution is -2.54.